The molecule has 230 valence electrons. The molecule has 7 nitrogen and oxygen atoms in total. The van der Waals surface area contributed by atoms with Gasteiger partial charge in [-0.05, 0) is 78.5 Å². The van der Waals surface area contributed by atoms with Crippen LogP contribution in [0.25, 0.3) is 10.9 Å². The Morgan fingerprint density at radius 2 is 1.74 bits per heavy atom. The molecule has 1 aromatic heterocycles. The number of fused-ring (bicyclic) bond motifs is 1. The predicted octanol–water partition coefficient (Wildman–Crippen LogP) is 7.31. The van der Waals surface area contributed by atoms with Crippen molar-refractivity contribution < 1.29 is 23.8 Å². The van der Waals surface area contributed by atoms with Crippen molar-refractivity contribution in [3.63, 3.8) is 0 Å². The maximum Gasteiger partial charge on any atom is 0.354 e. The number of aromatic amines is 1. The molecule has 0 saturated carbocycles. The van der Waals surface area contributed by atoms with Gasteiger partial charge in [-0.15, -0.1) is 0 Å². The minimum Gasteiger partial charge on any atom is -0.489 e. The maximum atomic E-state index is 11.9. The van der Waals surface area contributed by atoms with Crippen LogP contribution in [0.5, 0.6) is 5.75 Å². The van der Waals surface area contributed by atoms with Crippen LogP contribution in [0.15, 0.2) is 72.8 Å². The Balaban J connectivity index is 1.49. The van der Waals surface area contributed by atoms with Gasteiger partial charge >= 0.3 is 5.97 Å². The SMILES string of the molecule is COC(=O)c1cc2cc(C[C@@H](C)NC[C@H](O[Si](C)(C)C(C)(C)C)c3ccc(OCc4ccccc4)c(CO)c3)ccc2[nH]1. The summed E-state index contributed by atoms with van der Waals surface area (Å²) < 4.78 is 17.9. The Morgan fingerprint density at radius 3 is 2.42 bits per heavy atom. The summed E-state index contributed by atoms with van der Waals surface area (Å²) in [6, 6.07) is 24.3. The number of H-pyrrole nitrogens is 1. The van der Waals surface area contributed by atoms with Crippen molar-refractivity contribution >= 4 is 25.2 Å². The minimum atomic E-state index is -2.11. The van der Waals surface area contributed by atoms with E-state index in [9.17, 15) is 9.90 Å². The summed E-state index contributed by atoms with van der Waals surface area (Å²) in [5, 5.41) is 15.0. The molecule has 0 aliphatic rings. The number of rotatable bonds is 13. The third-order valence-corrected chi connectivity index (χ3v) is 12.9. The number of ether oxygens (including phenoxy) is 2. The van der Waals surface area contributed by atoms with E-state index in [1.807, 2.05) is 54.6 Å². The topological polar surface area (TPSA) is 92.8 Å². The molecule has 3 N–H and O–H groups in total. The fourth-order valence-electron chi connectivity index (χ4n) is 4.82. The molecule has 0 saturated heterocycles. The monoisotopic (exact) mass is 602 g/mol. The van der Waals surface area contributed by atoms with Gasteiger partial charge in [0.1, 0.15) is 18.1 Å². The molecular formula is C35H46N2O5Si. The van der Waals surface area contributed by atoms with Crippen LogP contribution in [0, 0.1) is 0 Å². The standard InChI is InChI=1S/C35H46N2O5Si/c1-24(17-26-13-15-30-28(18-26)20-31(37-30)34(39)40-5)36-21-33(42-43(6,7)35(2,3)4)27-14-16-32(29(19-27)22-38)41-23-25-11-9-8-10-12-25/h8-16,18-20,24,33,36-38H,17,21-23H2,1-7H3/t24-,33+/m1/s1. The van der Waals surface area contributed by atoms with Crippen LogP contribution in [0.2, 0.25) is 18.1 Å². The van der Waals surface area contributed by atoms with Crippen LogP contribution in [0.1, 0.15) is 66.5 Å². The fraction of sp³-hybridized carbons (Fsp3) is 0.400. The van der Waals surface area contributed by atoms with E-state index in [4.69, 9.17) is 13.9 Å². The molecule has 0 spiro atoms. The summed E-state index contributed by atoms with van der Waals surface area (Å²) >= 11 is 0. The van der Waals surface area contributed by atoms with Crippen LogP contribution >= 0.6 is 0 Å². The average Bonchev–Trinajstić information content (AvgIpc) is 3.41. The lowest BCUT2D eigenvalue weighted by Gasteiger charge is -2.40. The zero-order valence-corrected chi connectivity index (χ0v) is 27.5. The lowest BCUT2D eigenvalue weighted by molar-refractivity contribution is 0.0595. The Labute approximate surface area is 256 Å². The summed E-state index contributed by atoms with van der Waals surface area (Å²) in [4.78, 5) is 15.0. The lowest BCUT2D eigenvalue weighted by Crippen LogP contribution is -2.44. The first-order valence-corrected chi connectivity index (χ1v) is 17.8. The number of hydrogen-bond acceptors (Lipinski definition) is 6. The van der Waals surface area contributed by atoms with Crippen molar-refractivity contribution in [1.29, 1.82) is 0 Å². The molecule has 1 heterocycles. The number of esters is 1. The summed E-state index contributed by atoms with van der Waals surface area (Å²) in [5.41, 5.74) is 5.37. The highest BCUT2D eigenvalue weighted by Crippen LogP contribution is 2.40. The highest BCUT2D eigenvalue weighted by Gasteiger charge is 2.39. The van der Waals surface area contributed by atoms with Crippen LogP contribution in [-0.2, 0) is 28.8 Å². The molecule has 0 radical (unpaired) electrons. The summed E-state index contributed by atoms with van der Waals surface area (Å²) in [6.45, 7) is 14.4. The highest BCUT2D eigenvalue weighted by molar-refractivity contribution is 6.74. The summed E-state index contributed by atoms with van der Waals surface area (Å²) in [6.07, 6.45) is 0.627. The van der Waals surface area contributed by atoms with Gasteiger partial charge < -0.3 is 29.3 Å². The Kier molecular flexibility index (Phi) is 10.5. The van der Waals surface area contributed by atoms with Crippen molar-refractivity contribution in [2.24, 2.45) is 0 Å². The summed E-state index contributed by atoms with van der Waals surface area (Å²) in [7, 11) is -0.731. The van der Waals surface area contributed by atoms with Crippen LogP contribution < -0.4 is 10.1 Å². The number of carbonyl (C=O) groups excluding carboxylic acids is 1. The number of methoxy groups -OCH3 is 1. The molecule has 8 heteroatoms. The lowest BCUT2D eigenvalue weighted by atomic mass is 10.0. The van der Waals surface area contributed by atoms with Crippen molar-refractivity contribution in [1.82, 2.24) is 10.3 Å². The van der Waals surface area contributed by atoms with E-state index in [1.54, 1.807) is 0 Å². The van der Waals surface area contributed by atoms with Gasteiger partial charge in [0.05, 0.1) is 19.8 Å². The largest absolute Gasteiger partial charge is 0.489 e. The number of carbonyl (C=O) groups is 1. The second-order valence-corrected chi connectivity index (χ2v) is 17.5. The molecule has 0 aliphatic carbocycles. The first-order chi connectivity index (χ1) is 20.4. The number of aliphatic hydroxyl groups is 1. The van der Waals surface area contributed by atoms with Gasteiger partial charge in [-0.25, -0.2) is 4.79 Å². The van der Waals surface area contributed by atoms with Gasteiger partial charge in [-0.2, -0.15) is 0 Å². The second kappa shape index (κ2) is 13.9. The van der Waals surface area contributed by atoms with Crippen LogP contribution in [-0.4, -0.2) is 44.1 Å². The maximum absolute atomic E-state index is 11.9. The normalized spacial score (nSPS) is 13.6. The van der Waals surface area contributed by atoms with E-state index in [1.165, 1.54) is 12.7 Å². The smallest absolute Gasteiger partial charge is 0.354 e. The van der Waals surface area contributed by atoms with Gasteiger partial charge in [0.15, 0.2) is 8.32 Å². The number of benzene rings is 3. The number of aliphatic hydroxyl groups excluding tert-OH is 1. The third-order valence-electron chi connectivity index (χ3n) is 8.39. The van der Waals surface area contributed by atoms with Crippen molar-refractivity contribution in [3.05, 3.63) is 101 Å². The number of hydrogen-bond donors (Lipinski definition) is 3. The van der Waals surface area contributed by atoms with Gasteiger partial charge in [-0.1, -0.05) is 63.2 Å². The Hall–Kier alpha value is -3.43. The van der Waals surface area contributed by atoms with Gasteiger partial charge in [0.25, 0.3) is 0 Å². The Morgan fingerprint density at radius 1 is 1.00 bits per heavy atom. The van der Waals surface area contributed by atoms with E-state index < -0.39 is 8.32 Å². The number of nitrogens with one attached hydrogen (secondary N) is 2. The molecule has 0 unspecified atom stereocenters. The third kappa shape index (κ3) is 8.35. The molecule has 4 rings (SSSR count). The molecule has 0 amide bonds. The van der Waals surface area contributed by atoms with E-state index >= 15 is 0 Å². The average molecular weight is 603 g/mol. The van der Waals surface area contributed by atoms with Gasteiger partial charge in [-0.3, -0.25) is 0 Å². The molecule has 0 fully saturated rings. The van der Waals surface area contributed by atoms with Crippen LogP contribution in [0.3, 0.4) is 0 Å². The van der Waals surface area contributed by atoms with Gasteiger partial charge in [0.2, 0.25) is 0 Å². The predicted molar refractivity (Wildman–Crippen MR) is 175 cm³/mol. The van der Waals surface area contributed by atoms with E-state index in [0.29, 0.717) is 24.6 Å². The molecule has 43 heavy (non-hydrogen) atoms. The fourth-order valence-corrected chi connectivity index (χ4v) is 6.11. The zero-order valence-electron chi connectivity index (χ0n) is 26.5. The first-order valence-electron chi connectivity index (χ1n) is 14.9. The zero-order chi connectivity index (χ0) is 31.2. The molecule has 4 aromatic rings. The molecule has 2 atom stereocenters. The van der Waals surface area contributed by atoms with E-state index in [-0.39, 0.29) is 29.8 Å². The number of aromatic nitrogens is 1. The second-order valence-electron chi connectivity index (χ2n) is 12.8. The Bertz CT molecular complexity index is 1510. The van der Waals surface area contributed by atoms with E-state index in [0.717, 1.165) is 34.0 Å². The first kappa shape index (κ1) is 32.5. The molecule has 0 aliphatic heterocycles. The highest BCUT2D eigenvalue weighted by atomic mass is 28.4. The van der Waals surface area contributed by atoms with E-state index in [2.05, 4.69) is 69.3 Å². The molecule has 3 aromatic carbocycles. The summed E-state index contributed by atoms with van der Waals surface area (Å²) in [5.74, 6) is 0.304. The minimum absolute atomic E-state index is 0.0461. The van der Waals surface area contributed by atoms with Crippen LogP contribution in [0.4, 0.5) is 0 Å². The van der Waals surface area contributed by atoms with Crippen molar-refractivity contribution in [2.45, 2.75) is 77.6 Å². The quantitative estimate of drug-likeness (QED) is 0.110. The van der Waals surface area contributed by atoms with Crippen molar-refractivity contribution in [3.8, 4) is 5.75 Å². The van der Waals surface area contributed by atoms with Gasteiger partial charge in [0, 0.05) is 29.1 Å². The van der Waals surface area contributed by atoms with Crippen molar-refractivity contribution in [2.75, 3.05) is 13.7 Å². The molecular weight excluding hydrogens is 556 g/mol. The molecule has 0 bridgehead atoms.